The van der Waals surface area contributed by atoms with Gasteiger partial charge in [-0.1, -0.05) is 6.92 Å². The lowest BCUT2D eigenvalue weighted by atomic mass is 10.1. The topological polar surface area (TPSA) is 60.9 Å². The Morgan fingerprint density at radius 2 is 1.67 bits per heavy atom. The Labute approximate surface area is 108 Å². The molecule has 1 N–H and O–H groups in total. The molecule has 2 heterocycles. The fourth-order valence-electron chi connectivity index (χ4n) is 3.18. The maximum Gasteiger partial charge on any atom is 0.320 e. The Kier molecular flexibility index (Phi) is 4.09. The van der Waals surface area contributed by atoms with Crippen LogP contribution >= 0.6 is 0 Å². The zero-order chi connectivity index (χ0) is 13.1. The molecule has 18 heavy (non-hydrogen) atoms. The fourth-order valence-corrected chi connectivity index (χ4v) is 3.18. The molecule has 0 aromatic rings. The number of rotatable bonds is 3. The first-order valence-corrected chi connectivity index (χ1v) is 6.92. The number of carboxylic acid groups (broad SMARTS) is 1. The molecule has 2 unspecified atom stereocenters. The van der Waals surface area contributed by atoms with Crippen LogP contribution in [0.15, 0.2) is 0 Å². The quantitative estimate of drug-likeness (QED) is 0.837. The second kappa shape index (κ2) is 5.59. The minimum Gasteiger partial charge on any atom is -0.481 e. The van der Waals surface area contributed by atoms with Gasteiger partial charge in [0.1, 0.15) is 0 Å². The smallest absolute Gasteiger partial charge is 0.320 e. The van der Waals surface area contributed by atoms with E-state index in [-0.39, 0.29) is 18.5 Å². The van der Waals surface area contributed by atoms with E-state index in [0.29, 0.717) is 12.6 Å². The second-order valence-electron chi connectivity index (χ2n) is 5.27. The molecule has 0 radical (unpaired) electrons. The molecular formula is C13H22N2O3. The third-order valence-corrected chi connectivity index (χ3v) is 4.13. The molecule has 0 spiro atoms. The SMILES string of the molecule is CCC1CCCN1C(=O)N1CCCC1CC(=O)O. The third kappa shape index (κ3) is 2.60. The minimum absolute atomic E-state index is 0.0584. The molecular weight excluding hydrogens is 232 g/mol. The molecule has 0 aromatic heterocycles. The van der Waals surface area contributed by atoms with Gasteiger partial charge in [0.15, 0.2) is 0 Å². The number of urea groups is 1. The van der Waals surface area contributed by atoms with E-state index in [9.17, 15) is 9.59 Å². The number of hydrogen-bond acceptors (Lipinski definition) is 2. The Morgan fingerprint density at radius 1 is 1.11 bits per heavy atom. The van der Waals surface area contributed by atoms with Gasteiger partial charge in [-0.25, -0.2) is 4.79 Å². The fraction of sp³-hybridized carbons (Fsp3) is 0.846. The first-order valence-electron chi connectivity index (χ1n) is 6.92. The van der Waals surface area contributed by atoms with Crippen molar-refractivity contribution in [3.8, 4) is 0 Å². The van der Waals surface area contributed by atoms with Crippen molar-refractivity contribution in [2.45, 2.75) is 57.5 Å². The first-order chi connectivity index (χ1) is 8.63. The Balaban J connectivity index is 2.01. The predicted octanol–water partition coefficient (Wildman–Crippen LogP) is 1.92. The Hall–Kier alpha value is -1.26. The molecule has 2 saturated heterocycles. The van der Waals surface area contributed by atoms with Crippen LogP contribution in [0.3, 0.4) is 0 Å². The molecule has 2 aliphatic rings. The highest BCUT2D eigenvalue weighted by atomic mass is 16.4. The number of nitrogens with zero attached hydrogens (tertiary/aromatic N) is 2. The van der Waals surface area contributed by atoms with E-state index in [1.165, 1.54) is 0 Å². The van der Waals surface area contributed by atoms with Gasteiger partial charge in [0.25, 0.3) is 0 Å². The minimum atomic E-state index is -0.812. The van der Waals surface area contributed by atoms with Crippen LogP contribution in [0.1, 0.15) is 45.4 Å². The summed E-state index contributed by atoms with van der Waals surface area (Å²) < 4.78 is 0. The average Bonchev–Trinajstić information content (AvgIpc) is 2.95. The van der Waals surface area contributed by atoms with Crippen LogP contribution in [0.25, 0.3) is 0 Å². The van der Waals surface area contributed by atoms with E-state index in [2.05, 4.69) is 6.92 Å². The monoisotopic (exact) mass is 254 g/mol. The van der Waals surface area contributed by atoms with Crippen LogP contribution < -0.4 is 0 Å². The highest BCUT2D eigenvalue weighted by molar-refractivity contribution is 5.77. The molecule has 2 atom stereocenters. The summed E-state index contributed by atoms with van der Waals surface area (Å²) in [6, 6.07) is 0.305. The predicted molar refractivity (Wildman–Crippen MR) is 67.4 cm³/mol. The molecule has 5 nitrogen and oxygen atoms in total. The highest BCUT2D eigenvalue weighted by Gasteiger charge is 2.36. The van der Waals surface area contributed by atoms with Gasteiger partial charge >= 0.3 is 12.0 Å². The molecule has 2 aliphatic heterocycles. The lowest BCUT2D eigenvalue weighted by Gasteiger charge is -2.32. The van der Waals surface area contributed by atoms with Crippen molar-refractivity contribution in [1.29, 1.82) is 0 Å². The molecule has 2 amide bonds. The summed E-state index contributed by atoms with van der Waals surface area (Å²) in [5.74, 6) is -0.812. The molecule has 2 fully saturated rings. The van der Waals surface area contributed by atoms with Gasteiger partial charge in [-0.2, -0.15) is 0 Å². The van der Waals surface area contributed by atoms with Gasteiger partial charge in [-0.15, -0.1) is 0 Å². The van der Waals surface area contributed by atoms with E-state index < -0.39 is 5.97 Å². The van der Waals surface area contributed by atoms with Crippen LogP contribution in [0, 0.1) is 0 Å². The van der Waals surface area contributed by atoms with E-state index in [1.54, 1.807) is 4.90 Å². The lowest BCUT2D eigenvalue weighted by Crippen LogP contribution is -2.47. The summed E-state index contributed by atoms with van der Waals surface area (Å²) in [5, 5.41) is 8.89. The van der Waals surface area contributed by atoms with Gasteiger partial charge in [0, 0.05) is 25.2 Å². The number of amides is 2. The zero-order valence-electron chi connectivity index (χ0n) is 11.0. The molecule has 0 aliphatic carbocycles. The molecule has 5 heteroatoms. The van der Waals surface area contributed by atoms with Crippen molar-refractivity contribution in [3.05, 3.63) is 0 Å². The summed E-state index contributed by atoms with van der Waals surface area (Å²) in [6.45, 7) is 3.65. The number of carbonyl (C=O) groups excluding carboxylic acids is 1. The van der Waals surface area contributed by atoms with Crippen molar-refractivity contribution in [2.75, 3.05) is 13.1 Å². The van der Waals surface area contributed by atoms with Crippen molar-refractivity contribution < 1.29 is 14.7 Å². The van der Waals surface area contributed by atoms with Crippen LogP contribution in [0.5, 0.6) is 0 Å². The Bertz CT molecular complexity index is 332. The van der Waals surface area contributed by atoms with E-state index in [4.69, 9.17) is 5.11 Å². The number of aliphatic carboxylic acids is 1. The third-order valence-electron chi connectivity index (χ3n) is 4.13. The highest BCUT2D eigenvalue weighted by Crippen LogP contribution is 2.26. The number of hydrogen-bond donors (Lipinski definition) is 1. The molecule has 0 saturated carbocycles. The van der Waals surface area contributed by atoms with Crippen LogP contribution in [0.2, 0.25) is 0 Å². The molecule has 2 rings (SSSR count). The summed E-state index contributed by atoms with van der Waals surface area (Å²) in [6.07, 6.45) is 4.97. The first kappa shape index (κ1) is 13.2. The van der Waals surface area contributed by atoms with E-state index >= 15 is 0 Å². The number of carbonyl (C=O) groups is 2. The second-order valence-corrected chi connectivity index (χ2v) is 5.27. The summed E-state index contributed by atoms with van der Waals surface area (Å²) in [7, 11) is 0. The molecule has 102 valence electrons. The summed E-state index contributed by atoms with van der Waals surface area (Å²) in [5.41, 5.74) is 0. The Morgan fingerprint density at radius 3 is 2.22 bits per heavy atom. The van der Waals surface area contributed by atoms with E-state index in [0.717, 1.165) is 38.6 Å². The zero-order valence-corrected chi connectivity index (χ0v) is 11.0. The van der Waals surface area contributed by atoms with Gasteiger partial charge < -0.3 is 14.9 Å². The van der Waals surface area contributed by atoms with Gasteiger partial charge in [0.05, 0.1) is 6.42 Å². The van der Waals surface area contributed by atoms with Crippen LogP contribution in [0.4, 0.5) is 4.79 Å². The van der Waals surface area contributed by atoms with Gasteiger partial charge in [0.2, 0.25) is 0 Å². The van der Waals surface area contributed by atoms with Crippen molar-refractivity contribution in [1.82, 2.24) is 9.80 Å². The van der Waals surface area contributed by atoms with Crippen LogP contribution in [-0.2, 0) is 4.79 Å². The largest absolute Gasteiger partial charge is 0.481 e. The maximum absolute atomic E-state index is 12.5. The normalized spacial score (nSPS) is 27.8. The summed E-state index contributed by atoms with van der Waals surface area (Å²) >= 11 is 0. The average molecular weight is 254 g/mol. The maximum atomic E-state index is 12.5. The molecule has 0 bridgehead atoms. The molecule has 0 aromatic carbocycles. The van der Waals surface area contributed by atoms with Crippen molar-refractivity contribution >= 4 is 12.0 Å². The van der Waals surface area contributed by atoms with Crippen molar-refractivity contribution in [3.63, 3.8) is 0 Å². The van der Waals surface area contributed by atoms with E-state index in [1.807, 2.05) is 4.90 Å². The van der Waals surface area contributed by atoms with Crippen LogP contribution in [-0.4, -0.2) is 52.1 Å². The lowest BCUT2D eigenvalue weighted by molar-refractivity contribution is -0.138. The van der Waals surface area contributed by atoms with Crippen molar-refractivity contribution in [2.24, 2.45) is 0 Å². The summed E-state index contributed by atoms with van der Waals surface area (Å²) in [4.78, 5) is 27.0. The standard InChI is InChI=1S/C13H22N2O3/c1-2-10-5-3-7-14(10)13(18)15-8-4-6-11(15)9-12(16)17/h10-11H,2-9H2,1H3,(H,16,17). The number of carboxylic acids is 1. The number of likely N-dealkylation sites (tertiary alicyclic amines) is 2. The van der Waals surface area contributed by atoms with Gasteiger partial charge in [-0.3, -0.25) is 4.79 Å². The van der Waals surface area contributed by atoms with Gasteiger partial charge in [-0.05, 0) is 32.1 Å².